The van der Waals surface area contributed by atoms with Gasteiger partial charge in [0.15, 0.2) is 0 Å². The van der Waals surface area contributed by atoms with Crippen molar-refractivity contribution < 1.29 is 9.72 Å². The minimum atomic E-state index is -0.552. The lowest BCUT2D eigenvalue weighted by Gasteiger charge is -2.34. The molecular formula is C17H20ClN5O3. The number of carbonyl (C=O) groups excluding carboxylic acids is 1. The maximum Gasteiger partial charge on any atom is 0.320 e. The van der Waals surface area contributed by atoms with E-state index >= 15 is 0 Å². The predicted molar refractivity (Wildman–Crippen MR) is 97.2 cm³/mol. The smallest absolute Gasteiger partial charge is 0.320 e. The highest BCUT2D eigenvalue weighted by molar-refractivity contribution is 6.30. The first kappa shape index (κ1) is 18.3. The summed E-state index contributed by atoms with van der Waals surface area (Å²) in [5.41, 5.74) is 0.984. The molecule has 0 spiro atoms. The number of halogens is 1. The summed E-state index contributed by atoms with van der Waals surface area (Å²) < 4.78 is 1.39. The first-order valence-corrected chi connectivity index (χ1v) is 8.83. The van der Waals surface area contributed by atoms with Crippen LogP contribution in [0.2, 0.25) is 5.02 Å². The molecule has 0 radical (unpaired) electrons. The molecule has 8 nitrogen and oxygen atoms in total. The quantitative estimate of drug-likeness (QED) is 0.590. The monoisotopic (exact) mass is 377 g/mol. The molecule has 0 aliphatic carbocycles. The molecule has 0 saturated carbocycles. The normalized spacial score (nSPS) is 15.2. The van der Waals surface area contributed by atoms with Crippen molar-refractivity contribution in [2.45, 2.75) is 20.0 Å². The van der Waals surface area contributed by atoms with Gasteiger partial charge in [-0.15, -0.1) is 0 Å². The van der Waals surface area contributed by atoms with Crippen LogP contribution in [0.4, 0.5) is 5.69 Å². The lowest BCUT2D eigenvalue weighted by atomic mass is 10.2. The van der Waals surface area contributed by atoms with Gasteiger partial charge in [0.25, 0.3) is 5.91 Å². The third kappa shape index (κ3) is 3.86. The zero-order valence-corrected chi connectivity index (χ0v) is 15.2. The van der Waals surface area contributed by atoms with Crippen LogP contribution in [-0.2, 0) is 13.1 Å². The summed E-state index contributed by atoms with van der Waals surface area (Å²) in [6.07, 6.45) is 1.15. The van der Waals surface area contributed by atoms with E-state index in [1.54, 1.807) is 11.8 Å². The Morgan fingerprint density at radius 1 is 1.23 bits per heavy atom. The molecule has 138 valence electrons. The zero-order valence-electron chi connectivity index (χ0n) is 14.5. The number of hydrogen-bond acceptors (Lipinski definition) is 5. The second-order valence-corrected chi connectivity index (χ2v) is 6.58. The Morgan fingerprint density at radius 3 is 2.46 bits per heavy atom. The van der Waals surface area contributed by atoms with Gasteiger partial charge in [-0.2, -0.15) is 5.10 Å². The molecule has 1 fully saturated rings. The SMILES string of the molecule is CCn1ncc([N+](=O)[O-])c1C(=O)N1CCN(Cc2ccc(Cl)cc2)CC1. The van der Waals surface area contributed by atoms with Crippen molar-refractivity contribution in [1.29, 1.82) is 0 Å². The number of amides is 1. The van der Waals surface area contributed by atoms with E-state index in [0.717, 1.165) is 18.3 Å². The molecule has 2 aromatic rings. The molecule has 1 aliphatic rings. The van der Waals surface area contributed by atoms with Crippen LogP contribution >= 0.6 is 11.6 Å². The van der Waals surface area contributed by atoms with Crippen LogP contribution in [0.15, 0.2) is 30.5 Å². The summed E-state index contributed by atoms with van der Waals surface area (Å²) in [6, 6.07) is 7.70. The first-order chi connectivity index (χ1) is 12.5. The summed E-state index contributed by atoms with van der Waals surface area (Å²) in [5.74, 6) is -0.331. The van der Waals surface area contributed by atoms with Crippen LogP contribution in [0.25, 0.3) is 0 Å². The number of aryl methyl sites for hydroxylation is 1. The fraction of sp³-hybridized carbons (Fsp3) is 0.412. The van der Waals surface area contributed by atoms with Crippen LogP contribution in [-0.4, -0.2) is 56.6 Å². The maximum absolute atomic E-state index is 12.8. The summed E-state index contributed by atoms with van der Waals surface area (Å²) >= 11 is 5.90. The predicted octanol–water partition coefficient (Wildman–Crippen LogP) is 2.42. The number of hydrogen-bond donors (Lipinski definition) is 0. The van der Waals surface area contributed by atoms with Crippen LogP contribution in [0, 0.1) is 10.1 Å². The molecule has 0 atom stereocenters. The van der Waals surface area contributed by atoms with Gasteiger partial charge in [-0.1, -0.05) is 23.7 Å². The van der Waals surface area contributed by atoms with Gasteiger partial charge in [0.1, 0.15) is 6.20 Å². The van der Waals surface area contributed by atoms with Crippen molar-refractivity contribution in [2.24, 2.45) is 0 Å². The highest BCUT2D eigenvalue weighted by atomic mass is 35.5. The second-order valence-electron chi connectivity index (χ2n) is 6.15. The van der Waals surface area contributed by atoms with E-state index < -0.39 is 4.92 Å². The van der Waals surface area contributed by atoms with Crippen LogP contribution < -0.4 is 0 Å². The Hall–Kier alpha value is -2.45. The molecule has 26 heavy (non-hydrogen) atoms. The van der Waals surface area contributed by atoms with Crippen molar-refractivity contribution >= 4 is 23.2 Å². The van der Waals surface area contributed by atoms with Gasteiger partial charge in [0.05, 0.1) is 4.92 Å². The molecule has 9 heteroatoms. The number of rotatable bonds is 5. The third-order valence-electron chi connectivity index (χ3n) is 4.50. The Labute approximate surface area is 156 Å². The molecule has 0 N–H and O–H groups in total. The van der Waals surface area contributed by atoms with Gasteiger partial charge in [0.2, 0.25) is 5.69 Å². The van der Waals surface area contributed by atoms with E-state index in [4.69, 9.17) is 11.6 Å². The third-order valence-corrected chi connectivity index (χ3v) is 4.75. The van der Waals surface area contributed by atoms with Crippen molar-refractivity contribution in [3.05, 3.63) is 56.9 Å². The van der Waals surface area contributed by atoms with E-state index in [-0.39, 0.29) is 17.3 Å². The number of benzene rings is 1. The fourth-order valence-corrected chi connectivity index (χ4v) is 3.20. The molecule has 1 aliphatic heterocycles. The summed E-state index contributed by atoms with van der Waals surface area (Å²) in [5, 5.41) is 15.8. The Bertz CT molecular complexity index is 797. The van der Waals surface area contributed by atoms with Crippen molar-refractivity contribution in [3.63, 3.8) is 0 Å². The Kier molecular flexibility index (Phi) is 5.53. The molecule has 1 aromatic carbocycles. The number of carbonyl (C=O) groups is 1. The van der Waals surface area contributed by atoms with Gasteiger partial charge in [-0.25, -0.2) is 0 Å². The van der Waals surface area contributed by atoms with Crippen LogP contribution in [0.5, 0.6) is 0 Å². The van der Waals surface area contributed by atoms with Crippen molar-refractivity contribution in [1.82, 2.24) is 19.6 Å². The highest BCUT2D eigenvalue weighted by Crippen LogP contribution is 2.21. The largest absolute Gasteiger partial charge is 0.335 e. The molecule has 3 rings (SSSR count). The van der Waals surface area contributed by atoms with E-state index in [1.807, 2.05) is 24.3 Å². The fourth-order valence-electron chi connectivity index (χ4n) is 3.08. The van der Waals surface area contributed by atoms with Gasteiger partial charge in [-0.05, 0) is 24.6 Å². The molecule has 1 saturated heterocycles. The lowest BCUT2D eigenvalue weighted by molar-refractivity contribution is -0.385. The Morgan fingerprint density at radius 2 is 1.88 bits per heavy atom. The van der Waals surface area contributed by atoms with Gasteiger partial charge in [0, 0.05) is 44.3 Å². The van der Waals surface area contributed by atoms with Gasteiger partial charge < -0.3 is 4.90 Å². The molecular weight excluding hydrogens is 358 g/mol. The number of piperazine rings is 1. The van der Waals surface area contributed by atoms with Gasteiger partial charge in [-0.3, -0.25) is 24.5 Å². The average Bonchev–Trinajstić information content (AvgIpc) is 3.08. The highest BCUT2D eigenvalue weighted by Gasteiger charge is 2.31. The maximum atomic E-state index is 12.8. The number of aromatic nitrogens is 2. The molecule has 0 bridgehead atoms. The standard InChI is InChI=1S/C17H20ClN5O3/c1-2-22-16(15(11-19-22)23(25)26)17(24)21-9-7-20(8-10-21)12-13-3-5-14(18)6-4-13/h3-6,11H,2,7-10,12H2,1H3. The summed E-state index contributed by atoms with van der Waals surface area (Å²) in [7, 11) is 0. The first-order valence-electron chi connectivity index (χ1n) is 8.46. The minimum absolute atomic E-state index is 0.0589. The van der Waals surface area contributed by atoms with E-state index in [2.05, 4.69) is 10.00 Å². The zero-order chi connectivity index (χ0) is 18.7. The molecule has 1 aromatic heterocycles. The Balaban J connectivity index is 1.64. The number of nitro groups is 1. The van der Waals surface area contributed by atoms with E-state index in [0.29, 0.717) is 37.7 Å². The number of nitrogens with zero attached hydrogens (tertiary/aromatic N) is 5. The molecule has 0 unspecified atom stereocenters. The van der Waals surface area contributed by atoms with E-state index in [1.165, 1.54) is 4.68 Å². The second kappa shape index (κ2) is 7.84. The topological polar surface area (TPSA) is 84.5 Å². The van der Waals surface area contributed by atoms with Crippen LogP contribution in [0.1, 0.15) is 23.0 Å². The summed E-state index contributed by atoms with van der Waals surface area (Å²) in [6.45, 7) is 5.47. The molecule has 2 heterocycles. The summed E-state index contributed by atoms with van der Waals surface area (Å²) in [4.78, 5) is 27.3. The minimum Gasteiger partial charge on any atom is -0.335 e. The van der Waals surface area contributed by atoms with Gasteiger partial charge >= 0.3 is 5.69 Å². The lowest BCUT2D eigenvalue weighted by Crippen LogP contribution is -2.48. The van der Waals surface area contributed by atoms with Crippen LogP contribution in [0.3, 0.4) is 0 Å². The van der Waals surface area contributed by atoms with E-state index in [9.17, 15) is 14.9 Å². The molecule has 1 amide bonds. The van der Waals surface area contributed by atoms with Crippen molar-refractivity contribution in [2.75, 3.05) is 26.2 Å². The average molecular weight is 378 g/mol. The van der Waals surface area contributed by atoms with Crippen molar-refractivity contribution in [3.8, 4) is 0 Å².